The van der Waals surface area contributed by atoms with Crippen molar-refractivity contribution in [3.8, 4) is 0 Å². The minimum absolute atomic E-state index is 0.00297. The minimum atomic E-state index is -4.76. The van der Waals surface area contributed by atoms with Gasteiger partial charge in [0.05, 0.1) is 10.5 Å². The van der Waals surface area contributed by atoms with E-state index in [1.165, 1.54) is 6.07 Å². The number of hydrogen-bond donors (Lipinski definition) is 1. The Morgan fingerprint density at radius 1 is 1.15 bits per heavy atom. The molecule has 1 aromatic carbocycles. The Balaban J connectivity index is 1.67. The highest BCUT2D eigenvalue weighted by molar-refractivity contribution is 7.89. The Kier molecular flexibility index (Phi) is 5.30. The van der Waals surface area contributed by atoms with Crippen LogP contribution in [0.2, 0.25) is 0 Å². The summed E-state index contributed by atoms with van der Waals surface area (Å²) in [5.41, 5.74) is -1.19. The topological polar surface area (TPSA) is 66.5 Å². The van der Waals surface area contributed by atoms with Crippen molar-refractivity contribution in [3.05, 3.63) is 29.8 Å². The number of likely N-dealkylation sites (tertiary alicyclic amines) is 1. The van der Waals surface area contributed by atoms with Crippen molar-refractivity contribution in [2.75, 3.05) is 13.1 Å². The van der Waals surface area contributed by atoms with E-state index >= 15 is 0 Å². The molecule has 1 amide bonds. The van der Waals surface area contributed by atoms with E-state index in [1.54, 1.807) is 4.90 Å². The second kappa shape index (κ2) is 7.19. The quantitative estimate of drug-likeness (QED) is 0.841. The van der Waals surface area contributed by atoms with Crippen molar-refractivity contribution in [2.45, 2.75) is 49.2 Å². The second-order valence-electron chi connectivity index (χ2n) is 6.90. The molecule has 26 heavy (non-hydrogen) atoms. The lowest BCUT2D eigenvalue weighted by Gasteiger charge is -2.24. The summed E-state index contributed by atoms with van der Waals surface area (Å²) in [5, 5.41) is 0. The number of amides is 1. The molecule has 0 spiro atoms. The highest BCUT2D eigenvalue weighted by Crippen LogP contribution is 2.34. The number of sulfonamides is 1. The van der Waals surface area contributed by atoms with Crippen LogP contribution in [-0.2, 0) is 21.0 Å². The summed E-state index contributed by atoms with van der Waals surface area (Å²) in [5.74, 6) is -0.229. The van der Waals surface area contributed by atoms with E-state index < -0.39 is 26.7 Å². The first-order chi connectivity index (χ1) is 12.2. The second-order valence-corrected chi connectivity index (χ2v) is 8.64. The molecule has 1 N–H and O–H groups in total. The summed E-state index contributed by atoms with van der Waals surface area (Å²) < 4.78 is 66.1. The van der Waals surface area contributed by atoms with Crippen molar-refractivity contribution in [2.24, 2.45) is 5.92 Å². The van der Waals surface area contributed by atoms with Crippen LogP contribution in [0.3, 0.4) is 0 Å². The van der Waals surface area contributed by atoms with Crippen molar-refractivity contribution < 1.29 is 26.4 Å². The summed E-state index contributed by atoms with van der Waals surface area (Å²) in [6.45, 7) is 0.399. The first-order valence-electron chi connectivity index (χ1n) is 8.64. The van der Waals surface area contributed by atoms with Crippen LogP contribution < -0.4 is 4.72 Å². The van der Waals surface area contributed by atoms with Crippen LogP contribution in [0.1, 0.15) is 37.7 Å². The van der Waals surface area contributed by atoms with Gasteiger partial charge in [-0.1, -0.05) is 25.0 Å². The smallest absolute Gasteiger partial charge is 0.339 e. The fraction of sp³-hybridized carbons (Fsp3) is 0.588. The highest BCUT2D eigenvalue weighted by atomic mass is 32.2. The molecule has 0 radical (unpaired) electrons. The number of carbonyl (C=O) groups excluding carboxylic acids is 1. The molecule has 5 nitrogen and oxygen atoms in total. The maximum atomic E-state index is 13.1. The molecule has 1 saturated heterocycles. The monoisotopic (exact) mass is 390 g/mol. The SMILES string of the molecule is O=C1C[C@@H](CNS(=O)(=O)c2ccccc2C(F)(F)F)CN1C1CCCC1. The lowest BCUT2D eigenvalue weighted by atomic mass is 10.1. The molecule has 144 valence electrons. The van der Waals surface area contributed by atoms with Crippen LogP contribution in [0.5, 0.6) is 0 Å². The molecule has 0 bridgehead atoms. The van der Waals surface area contributed by atoms with E-state index in [0.29, 0.717) is 6.54 Å². The fourth-order valence-electron chi connectivity index (χ4n) is 3.75. The van der Waals surface area contributed by atoms with Crippen molar-refractivity contribution >= 4 is 15.9 Å². The van der Waals surface area contributed by atoms with Crippen molar-refractivity contribution in [1.82, 2.24) is 9.62 Å². The van der Waals surface area contributed by atoms with Gasteiger partial charge in [-0.2, -0.15) is 13.2 Å². The summed E-state index contributed by atoms with van der Waals surface area (Å²) in [6.07, 6.45) is -0.444. The zero-order valence-corrected chi connectivity index (χ0v) is 14.9. The predicted octanol–water partition coefficient (Wildman–Crippen LogP) is 2.77. The van der Waals surface area contributed by atoms with Gasteiger partial charge < -0.3 is 4.90 Å². The van der Waals surface area contributed by atoms with Crippen molar-refractivity contribution in [3.63, 3.8) is 0 Å². The highest BCUT2D eigenvalue weighted by Gasteiger charge is 2.38. The first kappa shape index (κ1) is 19.2. The van der Waals surface area contributed by atoms with E-state index in [2.05, 4.69) is 4.72 Å². The van der Waals surface area contributed by atoms with E-state index in [9.17, 15) is 26.4 Å². The van der Waals surface area contributed by atoms with Gasteiger partial charge in [0.1, 0.15) is 0 Å². The zero-order valence-electron chi connectivity index (χ0n) is 14.1. The van der Waals surface area contributed by atoms with Gasteiger partial charge in [-0.05, 0) is 30.9 Å². The van der Waals surface area contributed by atoms with Gasteiger partial charge in [0.25, 0.3) is 0 Å². The Hall–Kier alpha value is -1.61. The molecule has 3 rings (SSSR count). The Morgan fingerprint density at radius 3 is 2.46 bits per heavy atom. The summed E-state index contributed by atoms with van der Waals surface area (Å²) in [6, 6.07) is 4.31. The summed E-state index contributed by atoms with van der Waals surface area (Å²) in [7, 11) is -4.32. The third-order valence-electron chi connectivity index (χ3n) is 5.05. The van der Waals surface area contributed by atoms with Crippen LogP contribution in [0, 0.1) is 5.92 Å². The fourth-order valence-corrected chi connectivity index (χ4v) is 5.10. The number of carbonyl (C=O) groups is 1. The molecule has 2 fully saturated rings. The Labute approximate surface area is 150 Å². The molecule has 9 heteroatoms. The maximum Gasteiger partial charge on any atom is 0.417 e. The van der Waals surface area contributed by atoms with Crippen molar-refractivity contribution in [1.29, 1.82) is 0 Å². The predicted molar refractivity (Wildman–Crippen MR) is 88.7 cm³/mol. The van der Waals surface area contributed by atoms with Gasteiger partial charge in [0, 0.05) is 25.6 Å². The zero-order chi connectivity index (χ0) is 18.9. The third kappa shape index (κ3) is 4.03. The molecular formula is C17H21F3N2O3S. The van der Waals surface area contributed by atoms with Gasteiger partial charge in [-0.3, -0.25) is 4.79 Å². The van der Waals surface area contributed by atoms with Crippen LogP contribution in [-0.4, -0.2) is 38.4 Å². The molecule has 1 aliphatic heterocycles. The van der Waals surface area contributed by atoms with Gasteiger partial charge in [-0.25, -0.2) is 13.1 Å². The van der Waals surface area contributed by atoms with Gasteiger partial charge in [0.2, 0.25) is 15.9 Å². The normalized spacial score (nSPS) is 22.3. The molecule has 1 aliphatic carbocycles. The summed E-state index contributed by atoms with van der Waals surface area (Å²) >= 11 is 0. The molecule has 2 aliphatic rings. The molecule has 1 saturated carbocycles. The average molecular weight is 390 g/mol. The lowest BCUT2D eigenvalue weighted by molar-refractivity contribution is -0.139. The van der Waals surface area contributed by atoms with Crippen LogP contribution in [0.4, 0.5) is 13.2 Å². The maximum absolute atomic E-state index is 13.1. The lowest BCUT2D eigenvalue weighted by Crippen LogP contribution is -2.36. The average Bonchev–Trinajstić information content (AvgIpc) is 3.21. The van der Waals surface area contributed by atoms with Gasteiger partial charge in [0.15, 0.2) is 0 Å². The van der Waals surface area contributed by atoms with Crippen LogP contribution in [0.25, 0.3) is 0 Å². The Morgan fingerprint density at radius 2 is 1.81 bits per heavy atom. The number of rotatable bonds is 5. The third-order valence-corrected chi connectivity index (χ3v) is 6.53. The molecule has 1 atom stereocenters. The van der Waals surface area contributed by atoms with Crippen LogP contribution in [0.15, 0.2) is 29.2 Å². The minimum Gasteiger partial charge on any atom is -0.339 e. The van der Waals surface area contributed by atoms with Crippen LogP contribution >= 0.6 is 0 Å². The number of halogens is 3. The molecule has 1 heterocycles. The molecule has 0 aromatic heterocycles. The molecule has 0 unspecified atom stereocenters. The van der Waals surface area contributed by atoms with E-state index in [1.807, 2.05) is 0 Å². The van der Waals surface area contributed by atoms with E-state index in [4.69, 9.17) is 0 Å². The van der Waals surface area contributed by atoms with Gasteiger partial charge >= 0.3 is 6.18 Å². The Bertz CT molecular complexity index is 774. The number of benzene rings is 1. The number of alkyl halides is 3. The van der Waals surface area contributed by atoms with E-state index in [0.717, 1.165) is 43.9 Å². The first-order valence-corrected chi connectivity index (χ1v) is 10.1. The number of nitrogens with one attached hydrogen (secondary N) is 1. The standard InChI is InChI=1S/C17H21F3N2O3S/c18-17(19,20)14-7-3-4-8-15(14)26(24,25)21-10-12-9-16(23)22(11-12)13-5-1-2-6-13/h3-4,7-8,12-13,21H,1-2,5-6,9-11H2/t12-/m0/s1. The number of nitrogens with zero attached hydrogens (tertiary/aromatic N) is 1. The molecular weight excluding hydrogens is 369 g/mol. The number of hydrogen-bond acceptors (Lipinski definition) is 3. The largest absolute Gasteiger partial charge is 0.417 e. The summed E-state index contributed by atoms with van der Waals surface area (Å²) in [4.78, 5) is 13.2. The van der Waals surface area contributed by atoms with E-state index in [-0.39, 0.29) is 30.8 Å². The van der Waals surface area contributed by atoms with Gasteiger partial charge in [-0.15, -0.1) is 0 Å². The molecule has 1 aromatic rings.